The number of carbonyl (C=O) groups excluding carboxylic acids is 2. The predicted octanol–water partition coefficient (Wildman–Crippen LogP) is 3.66. The van der Waals surface area contributed by atoms with Crippen molar-refractivity contribution in [3.8, 4) is 6.07 Å². The van der Waals surface area contributed by atoms with E-state index in [1.165, 1.54) is 0 Å². The van der Waals surface area contributed by atoms with Crippen LogP contribution in [0.15, 0.2) is 30.3 Å². The Labute approximate surface area is 145 Å². The van der Waals surface area contributed by atoms with Crippen LogP contribution >= 0.6 is 11.3 Å². The minimum Gasteiger partial charge on any atom is -0.338 e. The highest BCUT2D eigenvalue weighted by Gasteiger charge is 2.24. The molecule has 0 saturated heterocycles. The molecule has 2 rings (SSSR count). The number of amides is 2. The van der Waals surface area contributed by atoms with Crippen molar-refractivity contribution in [1.82, 2.24) is 4.90 Å². The molecule has 0 aliphatic heterocycles. The van der Waals surface area contributed by atoms with Gasteiger partial charge in [0.2, 0.25) is 0 Å². The van der Waals surface area contributed by atoms with Crippen LogP contribution < -0.4 is 5.32 Å². The lowest BCUT2D eigenvalue weighted by atomic mass is 10.1. The van der Waals surface area contributed by atoms with Crippen LogP contribution in [0.3, 0.4) is 0 Å². The van der Waals surface area contributed by atoms with E-state index in [-0.39, 0.29) is 11.8 Å². The van der Waals surface area contributed by atoms with E-state index in [2.05, 4.69) is 11.4 Å². The molecule has 1 aromatic heterocycles. The summed E-state index contributed by atoms with van der Waals surface area (Å²) in [6.45, 7) is 6.76. The lowest BCUT2D eigenvalue weighted by molar-refractivity contribution is 0.0777. The number of thiophene rings is 1. The first-order valence-corrected chi connectivity index (χ1v) is 8.54. The molecule has 1 N–H and O–H groups in total. The molecule has 2 amide bonds. The Morgan fingerprint density at radius 3 is 2.38 bits per heavy atom. The van der Waals surface area contributed by atoms with Gasteiger partial charge in [0.05, 0.1) is 10.4 Å². The maximum atomic E-state index is 12.6. The fourth-order valence-corrected chi connectivity index (χ4v) is 3.48. The summed E-state index contributed by atoms with van der Waals surface area (Å²) in [7, 11) is 0. The summed E-state index contributed by atoms with van der Waals surface area (Å²) in [5.41, 5.74) is 1.46. The summed E-state index contributed by atoms with van der Waals surface area (Å²) < 4.78 is 0. The molecule has 124 valence electrons. The van der Waals surface area contributed by atoms with Crippen molar-refractivity contribution in [2.75, 3.05) is 18.4 Å². The van der Waals surface area contributed by atoms with Crippen molar-refractivity contribution >= 4 is 28.2 Å². The zero-order valence-corrected chi connectivity index (χ0v) is 14.7. The first kappa shape index (κ1) is 17.7. The predicted molar refractivity (Wildman–Crippen MR) is 95.4 cm³/mol. The summed E-state index contributed by atoms with van der Waals surface area (Å²) in [5.74, 6) is -0.408. The lowest BCUT2D eigenvalue weighted by Crippen LogP contribution is -2.30. The monoisotopic (exact) mass is 341 g/mol. The summed E-state index contributed by atoms with van der Waals surface area (Å²) in [4.78, 5) is 27.1. The van der Waals surface area contributed by atoms with E-state index in [1.54, 1.807) is 36.1 Å². The van der Waals surface area contributed by atoms with E-state index in [1.807, 2.05) is 19.9 Å². The summed E-state index contributed by atoms with van der Waals surface area (Å²) in [6, 6.07) is 10.9. The number of benzene rings is 1. The number of hydrogen-bond acceptors (Lipinski definition) is 4. The second kappa shape index (κ2) is 7.75. The molecule has 0 radical (unpaired) electrons. The number of carbonyl (C=O) groups is 2. The van der Waals surface area contributed by atoms with Crippen LogP contribution in [-0.4, -0.2) is 29.8 Å². The highest BCUT2D eigenvalue weighted by molar-refractivity contribution is 7.18. The Hall–Kier alpha value is -2.65. The summed E-state index contributed by atoms with van der Waals surface area (Å²) in [5, 5.41) is 12.6. The molecule has 2 aromatic rings. The van der Waals surface area contributed by atoms with Gasteiger partial charge in [-0.15, -0.1) is 11.3 Å². The quantitative estimate of drug-likeness (QED) is 0.902. The minimum atomic E-state index is -0.296. The molecule has 1 aromatic carbocycles. The van der Waals surface area contributed by atoms with Gasteiger partial charge in [-0.3, -0.25) is 9.59 Å². The Morgan fingerprint density at radius 1 is 1.21 bits per heavy atom. The average molecular weight is 341 g/mol. The lowest BCUT2D eigenvalue weighted by Gasteiger charge is -2.17. The van der Waals surface area contributed by atoms with Crippen molar-refractivity contribution in [3.05, 3.63) is 51.9 Å². The van der Waals surface area contributed by atoms with Crippen LogP contribution in [0.4, 0.5) is 5.00 Å². The fourth-order valence-electron chi connectivity index (χ4n) is 2.36. The van der Waals surface area contributed by atoms with Gasteiger partial charge in [0, 0.05) is 18.7 Å². The molecule has 0 unspecified atom stereocenters. The van der Waals surface area contributed by atoms with Crippen molar-refractivity contribution in [3.63, 3.8) is 0 Å². The van der Waals surface area contributed by atoms with Crippen LogP contribution in [0.1, 0.15) is 45.0 Å². The number of anilines is 1. The first-order chi connectivity index (χ1) is 11.5. The molecule has 6 heteroatoms. The van der Waals surface area contributed by atoms with Gasteiger partial charge in [-0.25, -0.2) is 0 Å². The van der Waals surface area contributed by atoms with Crippen molar-refractivity contribution in [2.45, 2.75) is 20.8 Å². The molecule has 0 aliphatic rings. The average Bonchev–Trinajstić information content (AvgIpc) is 2.92. The van der Waals surface area contributed by atoms with Crippen molar-refractivity contribution in [2.24, 2.45) is 0 Å². The Bertz CT molecular complexity index is 787. The molecule has 1 heterocycles. The molecular formula is C18H19N3O2S. The van der Waals surface area contributed by atoms with Crippen LogP contribution in [0.25, 0.3) is 0 Å². The number of nitriles is 1. The van der Waals surface area contributed by atoms with Gasteiger partial charge in [0.25, 0.3) is 11.8 Å². The Kier molecular flexibility index (Phi) is 5.72. The second-order valence-corrected chi connectivity index (χ2v) is 6.19. The SMILES string of the molecule is CCN(CC)C(=O)c1sc(NC(=O)c2ccccc2)c(C#N)c1C. The van der Waals surface area contributed by atoms with Gasteiger partial charge in [0.1, 0.15) is 11.1 Å². The molecule has 0 saturated carbocycles. The smallest absolute Gasteiger partial charge is 0.264 e. The molecule has 0 atom stereocenters. The molecule has 5 nitrogen and oxygen atoms in total. The van der Waals surface area contributed by atoms with Crippen LogP contribution in [0, 0.1) is 18.3 Å². The van der Waals surface area contributed by atoms with E-state index >= 15 is 0 Å². The van der Waals surface area contributed by atoms with Gasteiger partial charge in [-0.2, -0.15) is 5.26 Å². The zero-order chi connectivity index (χ0) is 17.7. The van der Waals surface area contributed by atoms with E-state index in [4.69, 9.17) is 0 Å². The third kappa shape index (κ3) is 3.47. The van der Waals surface area contributed by atoms with Gasteiger partial charge >= 0.3 is 0 Å². The number of nitrogens with one attached hydrogen (secondary N) is 1. The number of nitrogens with zero attached hydrogens (tertiary/aromatic N) is 2. The Morgan fingerprint density at radius 2 is 1.83 bits per heavy atom. The minimum absolute atomic E-state index is 0.112. The molecule has 24 heavy (non-hydrogen) atoms. The van der Waals surface area contributed by atoms with Crippen LogP contribution in [-0.2, 0) is 0 Å². The highest BCUT2D eigenvalue weighted by Crippen LogP contribution is 2.33. The van der Waals surface area contributed by atoms with E-state index < -0.39 is 0 Å². The van der Waals surface area contributed by atoms with Gasteiger partial charge in [-0.1, -0.05) is 18.2 Å². The molecule has 0 aliphatic carbocycles. The maximum absolute atomic E-state index is 12.6. The second-order valence-electron chi connectivity index (χ2n) is 5.17. The summed E-state index contributed by atoms with van der Waals surface area (Å²) in [6.07, 6.45) is 0. The molecule has 0 spiro atoms. The molecule has 0 fully saturated rings. The van der Waals surface area contributed by atoms with Gasteiger partial charge < -0.3 is 10.2 Å². The zero-order valence-electron chi connectivity index (χ0n) is 13.9. The molecule has 0 bridgehead atoms. The van der Waals surface area contributed by atoms with E-state index in [9.17, 15) is 14.9 Å². The van der Waals surface area contributed by atoms with Crippen molar-refractivity contribution < 1.29 is 9.59 Å². The third-order valence-corrected chi connectivity index (χ3v) is 4.96. The Balaban J connectivity index is 2.35. The first-order valence-electron chi connectivity index (χ1n) is 7.72. The third-order valence-electron chi connectivity index (χ3n) is 3.77. The largest absolute Gasteiger partial charge is 0.338 e. The highest BCUT2D eigenvalue weighted by atomic mass is 32.1. The van der Waals surface area contributed by atoms with Gasteiger partial charge in [0.15, 0.2) is 0 Å². The normalized spacial score (nSPS) is 10.1. The van der Waals surface area contributed by atoms with Crippen LogP contribution in [0.2, 0.25) is 0 Å². The number of rotatable bonds is 5. The topological polar surface area (TPSA) is 73.2 Å². The standard InChI is InChI=1S/C18H19N3O2S/c1-4-21(5-2)18(23)15-12(3)14(11-19)17(24-15)20-16(22)13-9-7-6-8-10-13/h6-10H,4-5H2,1-3H3,(H,20,22). The molecular weight excluding hydrogens is 322 g/mol. The van der Waals surface area contributed by atoms with Gasteiger partial charge in [-0.05, 0) is 38.5 Å². The van der Waals surface area contributed by atoms with Crippen molar-refractivity contribution in [1.29, 1.82) is 5.26 Å². The van der Waals surface area contributed by atoms with E-state index in [0.717, 1.165) is 11.3 Å². The summed E-state index contributed by atoms with van der Waals surface area (Å²) >= 11 is 1.16. The fraction of sp³-hybridized carbons (Fsp3) is 0.278. The maximum Gasteiger partial charge on any atom is 0.264 e. The van der Waals surface area contributed by atoms with E-state index in [0.29, 0.717) is 39.7 Å². The number of hydrogen-bond donors (Lipinski definition) is 1. The van der Waals surface area contributed by atoms with Crippen LogP contribution in [0.5, 0.6) is 0 Å².